The Hall–Kier alpha value is -1.97. The smallest absolute Gasteiger partial charge is 0.124 e. The molecule has 3 N–H and O–H groups in total. The van der Waals surface area contributed by atoms with Crippen LogP contribution in [-0.4, -0.2) is 14.9 Å². The summed E-state index contributed by atoms with van der Waals surface area (Å²) in [5.41, 5.74) is 7.94. The van der Waals surface area contributed by atoms with E-state index < -0.39 is 0 Å². The lowest BCUT2D eigenvalue weighted by molar-refractivity contribution is 0.475. The summed E-state index contributed by atoms with van der Waals surface area (Å²) in [5.74, 6) is 0.959. The zero-order valence-electron chi connectivity index (χ0n) is 8.51. The van der Waals surface area contributed by atoms with Crippen molar-refractivity contribution in [2.45, 2.75) is 6.42 Å². The first-order valence-corrected chi connectivity index (χ1v) is 4.71. The van der Waals surface area contributed by atoms with Gasteiger partial charge < -0.3 is 10.8 Å². The zero-order valence-corrected chi connectivity index (χ0v) is 8.51. The molecule has 0 saturated heterocycles. The van der Waals surface area contributed by atoms with Gasteiger partial charge in [-0.3, -0.25) is 4.68 Å². The van der Waals surface area contributed by atoms with Crippen molar-refractivity contribution in [2.75, 3.05) is 5.73 Å². The molecular formula is C11H13N3O. The minimum absolute atomic E-state index is 0.276. The van der Waals surface area contributed by atoms with Gasteiger partial charge in [0.1, 0.15) is 11.6 Å². The summed E-state index contributed by atoms with van der Waals surface area (Å²) >= 11 is 0. The summed E-state index contributed by atoms with van der Waals surface area (Å²) in [6, 6.07) is 7.09. The fourth-order valence-electron chi connectivity index (χ4n) is 1.46. The molecule has 15 heavy (non-hydrogen) atoms. The van der Waals surface area contributed by atoms with Crippen molar-refractivity contribution < 1.29 is 5.11 Å². The molecule has 0 atom stereocenters. The molecule has 4 nitrogen and oxygen atoms in total. The molecule has 0 bridgehead atoms. The number of rotatable bonds is 2. The molecule has 0 spiro atoms. The normalized spacial score (nSPS) is 10.5. The molecule has 0 unspecified atom stereocenters. The van der Waals surface area contributed by atoms with Gasteiger partial charge >= 0.3 is 0 Å². The highest BCUT2D eigenvalue weighted by Gasteiger charge is 2.05. The molecule has 78 valence electrons. The van der Waals surface area contributed by atoms with Crippen LogP contribution in [0.1, 0.15) is 11.1 Å². The van der Waals surface area contributed by atoms with E-state index in [0.717, 1.165) is 17.5 Å². The van der Waals surface area contributed by atoms with Crippen LogP contribution in [0.5, 0.6) is 5.75 Å². The highest BCUT2D eigenvalue weighted by Crippen LogP contribution is 2.17. The highest BCUT2D eigenvalue weighted by atomic mass is 16.3. The van der Waals surface area contributed by atoms with Gasteiger partial charge in [0.2, 0.25) is 0 Å². The third kappa shape index (κ3) is 1.93. The van der Waals surface area contributed by atoms with Gasteiger partial charge in [0.25, 0.3) is 0 Å². The standard InChI is InChI=1S/C11H13N3O/c1-14-11(12)9(7-13-14)6-8-2-4-10(15)5-3-8/h2-5,7,15H,6,12H2,1H3. The molecule has 0 aliphatic carbocycles. The Morgan fingerprint density at radius 3 is 2.53 bits per heavy atom. The monoisotopic (exact) mass is 203 g/mol. The highest BCUT2D eigenvalue weighted by molar-refractivity contribution is 5.42. The molecule has 0 aliphatic heterocycles. The van der Waals surface area contributed by atoms with Gasteiger partial charge in [-0.05, 0) is 17.7 Å². The van der Waals surface area contributed by atoms with E-state index in [0.29, 0.717) is 5.82 Å². The SMILES string of the molecule is Cn1ncc(Cc2ccc(O)cc2)c1N. The molecule has 0 fully saturated rings. The maximum absolute atomic E-state index is 9.14. The Bertz CT molecular complexity index is 459. The van der Waals surface area contributed by atoms with Crippen molar-refractivity contribution in [2.24, 2.45) is 7.05 Å². The number of nitrogens with two attached hydrogens (primary N) is 1. The lowest BCUT2D eigenvalue weighted by Gasteiger charge is -2.01. The quantitative estimate of drug-likeness (QED) is 0.773. The number of aromatic nitrogens is 2. The molecule has 1 aromatic heterocycles. The second-order valence-electron chi connectivity index (χ2n) is 3.52. The number of aromatic hydroxyl groups is 1. The Morgan fingerprint density at radius 1 is 1.33 bits per heavy atom. The van der Waals surface area contributed by atoms with Crippen molar-refractivity contribution in [1.29, 1.82) is 0 Å². The molecule has 0 radical (unpaired) electrons. The predicted octanol–water partition coefficient (Wildman–Crippen LogP) is 1.30. The summed E-state index contributed by atoms with van der Waals surface area (Å²) in [6.45, 7) is 0. The predicted molar refractivity (Wildman–Crippen MR) is 58.5 cm³/mol. The Balaban J connectivity index is 2.22. The minimum Gasteiger partial charge on any atom is -0.508 e. The van der Waals surface area contributed by atoms with E-state index in [1.807, 2.05) is 19.2 Å². The Kier molecular flexibility index (Phi) is 2.33. The van der Waals surface area contributed by atoms with Crippen molar-refractivity contribution in [3.05, 3.63) is 41.6 Å². The third-order valence-corrected chi connectivity index (χ3v) is 2.40. The van der Waals surface area contributed by atoms with Crippen molar-refractivity contribution in [3.8, 4) is 5.75 Å². The van der Waals surface area contributed by atoms with Crippen LogP contribution < -0.4 is 5.73 Å². The van der Waals surface area contributed by atoms with Crippen molar-refractivity contribution in [3.63, 3.8) is 0 Å². The van der Waals surface area contributed by atoms with Gasteiger partial charge in [-0.15, -0.1) is 0 Å². The van der Waals surface area contributed by atoms with Crippen LogP contribution in [0.2, 0.25) is 0 Å². The second kappa shape index (κ2) is 3.65. The van der Waals surface area contributed by atoms with Gasteiger partial charge in [-0.2, -0.15) is 5.10 Å². The van der Waals surface area contributed by atoms with Crippen LogP contribution >= 0.6 is 0 Å². The molecular weight excluding hydrogens is 190 g/mol. The van der Waals surface area contributed by atoms with Gasteiger partial charge in [-0.1, -0.05) is 12.1 Å². The van der Waals surface area contributed by atoms with E-state index in [-0.39, 0.29) is 5.75 Å². The van der Waals surface area contributed by atoms with Gasteiger partial charge in [0.15, 0.2) is 0 Å². The molecule has 1 heterocycles. The van der Waals surface area contributed by atoms with Crippen LogP contribution in [0.25, 0.3) is 0 Å². The minimum atomic E-state index is 0.276. The van der Waals surface area contributed by atoms with Crippen LogP contribution in [0.15, 0.2) is 30.5 Å². The first kappa shape index (κ1) is 9.58. The van der Waals surface area contributed by atoms with E-state index >= 15 is 0 Å². The first-order valence-electron chi connectivity index (χ1n) is 4.71. The lowest BCUT2D eigenvalue weighted by Crippen LogP contribution is -2.00. The van der Waals surface area contributed by atoms with E-state index in [9.17, 15) is 0 Å². The fraction of sp³-hybridized carbons (Fsp3) is 0.182. The van der Waals surface area contributed by atoms with Crippen LogP contribution in [-0.2, 0) is 13.5 Å². The number of benzene rings is 1. The maximum Gasteiger partial charge on any atom is 0.124 e. The number of anilines is 1. The average molecular weight is 203 g/mol. The molecule has 0 amide bonds. The maximum atomic E-state index is 9.14. The summed E-state index contributed by atoms with van der Waals surface area (Å²) in [4.78, 5) is 0. The second-order valence-corrected chi connectivity index (χ2v) is 3.52. The molecule has 2 aromatic rings. The number of nitrogens with zero attached hydrogens (tertiary/aromatic N) is 2. The lowest BCUT2D eigenvalue weighted by atomic mass is 10.1. The summed E-state index contributed by atoms with van der Waals surface area (Å²) < 4.78 is 1.65. The van der Waals surface area contributed by atoms with E-state index in [1.165, 1.54) is 0 Å². The summed E-state index contributed by atoms with van der Waals surface area (Å²) in [6.07, 6.45) is 2.50. The number of nitrogen functional groups attached to an aromatic ring is 1. The van der Waals surface area contributed by atoms with Crippen LogP contribution in [0.4, 0.5) is 5.82 Å². The Morgan fingerprint density at radius 2 is 2.00 bits per heavy atom. The summed E-state index contributed by atoms with van der Waals surface area (Å²) in [7, 11) is 1.82. The zero-order chi connectivity index (χ0) is 10.8. The molecule has 1 aromatic carbocycles. The number of hydrogen-bond donors (Lipinski definition) is 2. The van der Waals surface area contributed by atoms with Gasteiger partial charge in [0, 0.05) is 19.0 Å². The first-order chi connectivity index (χ1) is 7.16. The van der Waals surface area contributed by atoms with E-state index in [1.54, 1.807) is 23.0 Å². The van der Waals surface area contributed by atoms with Crippen molar-refractivity contribution in [1.82, 2.24) is 9.78 Å². The third-order valence-electron chi connectivity index (χ3n) is 2.40. The van der Waals surface area contributed by atoms with E-state index in [2.05, 4.69) is 5.10 Å². The average Bonchev–Trinajstić information content (AvgIpc) is 2.53. The fourth-order valence-corrected chi connectivity index (χ4v) is 1.46. The van der Waals surface area contributed by atoms with E-state index in [4.69, 9.17) is 10.8 Å². The molecule has 0 aliphatic rings. The van der Waals surface area contributed by atoms with Crippen LogP contribution in [0, 0.1) is 0 Å². The molecule has 4 heteroatoms. The number of hydrogen-bond acceptors (Lipinski definition) is 3. The number of phenolic OH excluding ortho intramolecular Hbond substituents is 1. The summed E-state index contributed by atoms with van der Waals surface area (Å²) in [5, 5.41) is 13.2. The largest absolute Gasteiger partial charge is 0.508 e. The van der Waals surface area contributed by atoms with Gasteiger partial charge in [0.05, 0.1) is 6.20 Å². The molecule has 2 rings (SSSR count). The number of aryl methyl sites for hydroxylation is 1. The van der Waals surface area contributed by atoms with Crippen molar-refractivity contribution >= 4 is 5.82 Å². The Labute approximate surface area is 88.0 Å². The van der Waals surface area contributed by atoms with Crippen LogP contribution in [0.3, 0.4) is 0 Å². The van der Waals surface area contributed by atoms with Gasteiger partial charge in [-0.25, -0.2) is 0 Å². The number of phenols is 1. The topological polar surface area (TPSA) is 64.1 Å². The molecule has 0 saturated carbocycles.